The number of esters is 1. The number of carbonyl (C=O) groups is 1. The fraction of sp³-hybridized carbons (Fsp3) is 0.944. The van der Waals surface area contributed by atoms with Crippen LogP contribution in [0.15, 0.2) is 0 Å². The van der Waals surface area contributed by atoms with E-state index in [1.165, 1.54) is 44.9 Å². The van der Waals surface area contributed by atoms with E-state index < -0.39 is 11.1 Å². The number of rotatable bonds is 12. The third-order valence-corrected chi connectivity index (χ3v) is 5.69. The number of carbonyl (C=O) groups excluding carboxylic acids is 1. The minimum Gasteiger partial charge on any atom is -0.772 e. The van der Waals surface area contributed by atoms with Gasteiger partial charge in [0.25, 0.3) is 0 Å². The fourth-order valence-corrected chi connectivity index (χ4v) is 3.82. The zero-order chi connectivity index (χ0) is 16.9. The summed E-state index contributed by atoms with van der Waals surface area (Å²) in [5.74, 6) is -0.111. The van der Waals surface area contributed by atoms with Gasteiger partial charge in [0.05, 0.1) is 0 Å². The van der Waals surface area contributed by atoms with Gasteiger partial charge < -0.3 is 9.29 Å². The minimum atomic E-state index is -1.98. The van der Waals surface area contributed by atoms with Crippen molar-refractivity contribution in [3.05, 3.63) is 0 Å². The van der Waals surface area contributed by atoms with Gasteiger partial charge in [-0.3, -0.25) is 9.00 Å². The Morgan fingerprint density at radius 2 is 1.46 bits per heavy atom. The molecular formula is C18H33NaO4S. The summed E-state index contributed by atoms with van der Waals surface area (Å²) in [5, 5.41) is -0.248. The summed E-state index contributed by atoms with van der Waals surface area (Å²) in [6.45, 7) is 2.23. The van der Waals surface area contributed by atoms with Gasteiger partial charge in [0, 0.05) is 11.7 Å². The number of hydrogen-bond donors (Lipinski definition) is 0. The average Bonchev–Trinajstić information content (AvgIpc) is 2.54. The number of unbranched alkanes of at least 4 members (excludes halogenated alkanes) is 8. The Kier molecular flexibility index (Phi) is 16.2. The summed E-state index contributed by atoms with van der Waals surface area (Å²) >= 11 is -1.98. The molecule has 0 heterocycles. The molecule has 136 valence electrons. The molecule has 0 aromatic carbocycles. The summed E-state index contributed by atoms with van der Waals surface area (Å²) in [5.41, 5.74) is 0. The summed E-state index contributed by atoms with van der Waals surface area (Å²) in [6, 6.07) is 0. The van der Waals surface area contributed by atoms with Crippen LogP contribution in [0, 0.1) is 0 Å². The molecule has 0 saturated heterocycles. The van der Waals surface area contributed by atoms with E-state index in [1.54, 1.807) is 0 Å². The van der Waals surface area contributed by atoms with Crippen LogP contribution in [-0.2, 0) is 20.6 Å². The maximum atomic E-state index is 11.8. The SMILES string of the molecule is CCCCCCCCCCCC(=O)OC1CCC(S(=O)[O-])CC1.[Na+]. The molecule has 0 amide bonds. The maximum absolute atomic E-state index is 11.8. The van der Waals surface area contributed by atoms with Crippen LogP contribution in [0.3, 0.4) is 0 Å². The van der Waals surface area contributed by atoms with Crippen molar-refractivity contribution in [2.24, 2.45) is 0 Å². The standard InChI is InChI=1S/C18H34O4S.Na/c1-2-3-4-5-6-7-8-9-10-11-18(19)22-16-12-14-17(15-13-16)23(20)21;/h16-17H,2-15H2,1H3,(H,20,21);/q;+1/p-1. The van der Waals surface area contributed by atoms with Gasteiger partial charge in [-0.1, -0.05) is 69.4 Å². The molecule has 0 aromatic rings. The molecule has 1 fully saturated rings. The second-order valence-corrected chi connectivity index (χ2v) is 7.92. The van der Waals surface area contributed by atoms with E-state index in [-0.39, 0.29) is 46.9 Å². The van der Waals surface area contributed by atoms with E-state index in [1.807, 2.05) is 0 Å². The van der Waals surface area contributed by atoms with Crippen LogP contribution in [0.25, 0.3) is 0 Å². The Morgan fingerprint density at radius 1 is 0.958 bits per heavy atom. The van der Waals surface area contributed by atoms with Gasteiger partial charge in [-0.05, 0) is 32.1 Å². The molecule has 1 saturated carbocycles. The number of hydrogen-bond acceptors (Lipinski definition) is 4. The minimum absolute atomic E-state index is 0. The molecule has 24 heavy (non-hydrogen) atoms. The molecule has 0 spiro atoms. The Labute approximate surface area is 172 Å². The molecule has 0 aliphatic heterocycles. The Balaban J connectivity index is 0.00000529. The van der Waals surface area contributed by atoms with Crippen LogP contribution >= 0.6 is 0 Å². The van der Waals surface area contributed by atoms with Gasteiger partial charge in [0.15, 0.2) is 0 Å². The molecule has 0 bridgehead atoms. The van der Waals surface area contributed by atoms with Crippen LogP contribution in [0.4, 0.5) is 0 Å². The molecule has 1 rings (SSSR count). The van der Waals surface area contributed by atoms with E-state index in [0.29, 0.717) is 32.1 Å². The first-order valence-electron chi connectivity index (χ1n) is 9.41. The van der Waals surface area contributed by atoms with Crippen molar-refractivity contribution in [1.29, 1.82) is 0 Å². The molecule has 0 N–H and O–H groups in total. The van der Waals surface area contributed by atoms with Gasteiger partial charge in [-0.15, -0.1) is 0 Å². The van der Waals surface area contributed by atoms with Crippen molar-refractivity contribution in [1.82, 2.24) is 0 Å². The first kappa shape index (κ1) is 24.6. The quantitative estimate of drug-likeness (QED) is 0.227. The van der Waals surface area contributed by atoms with Crippen LogP contribution in [-0.4, -0.2) is 26.1 Å². The molecule has 1 unspecified atom stereocenters. The Morgan fingerprint density at radius 3 is 1.96 bits per heavy atom. The third-order valence-electron chi connectivity index (χ3n) is 4.68. The summed E-state index contributed by atoms with van der Waals surface area (Å²) in [6.07, 6.45) is 14.2. The number of ether oxygens (including phenoxy) is 1. The van der Waals surface area contributed by atoms with Crippen molar-refractivity contribution >= 4 is 17.0 Å². The zero-order valence-electron chi connectivity index (χ0n) is 15.6. The predicted molar refractivity (Wildman–Crippen MR) is 92.9 cm³/mol. The smallest absolute Gasteiger partial charge is 0.772 e. The van der Waals surface area contributed by atoms with Gasteiger partial charge >= 0.3 is 35.5 Å². The molecule has 6 heteroatoms. The average molecular weight is 369 g/mol. The van der Waals surface area contributed by atoms with Crippen LogP contribution in [0.2, 0.25) is 0 Å². The van der Waals surface area contributed by atoms with Crippen molar-refractivity contribution in [2.75, 3.05) is 0 Å². The molecular weight excluding hydrogens is 335 g/mol. The molecule has 1 aliphatic carbocycles. The normalized spacial score (nSPS) is 21.8. The Bertz CT molecular complexity index is 344. The predicted octanol–water partition coefficient (Wildman–Crippen LogP) is 1.64. The van der Waals surface area contributed by atoms with Crippen LogP contribution in [0.1, 0.15) is 96.8 Å². The van der Waals surface area contributed by atoms with Crippen molar-refractivity contribution in [2.45, 2.75) is 108 Å². The molecule has 0 radical (unpaired) electrons. The monoisotopic (exact) mass is 368 g/mol. The van der Waals surface area contributed by atoms with Crippen LogP contribution in [0.5, 0.6) is 0 Å². The van der Waals surface area contributed by atoms with E-state index in [2.05, 4.69) is 6.92 Å². The maximum Gasteiger partial charge on any atom is 1.00 e. The van der Waals surface area contributed by atoms with Gasteiger partial charge in [0.2, 0.25) is 0 Å². The van der Waals surface area contributed by atoms with Crippen molar-refractivity contribution in [3.8, 4) is 0 Å². The van der Waals surface area contributed by atoms with E-state index in [0.717, 1.165) is 12.8 Å². The molecule has 1 atom stereocenters. The molecule has 4 nitrogen and oxygen atoms in total. The summed E-state index contributed by atoms with van der Waals surface area (Å²) in [4.78, 5) is 11.8. The summed E-state index contributed by atoms with van der Waals surface area (Å²) in [7, 11) is 0. The molecule has 1 aliphatic rings. The first-order chi connectivity index (χ1) is 11.1. The van der Waals surface area contributed by atoms with Gasteiger partial charge in [-0.2, -0.15) is 0 Å². The second-order valence-electron chi connectivity index (χ2n) is 6.73. The second kappa shape index (κ2) is 15.8. The third kappa shape index (κ3) is 12.0. The molecule has 0 aromatic heterocycles. The fourth-order valence-electron chi connectivity index (χ4n) is 3.17. The summed E-state index contributed by atoms with van der Waals surface area (Å²) < 4.78 is 27.2. The van der Waals surface area contributed by atoms with Gasteiger partial charge in [-0.25, -0.2) is 0 Å². The van der Waals surface area contributed by atoms with E-state index in [9.17, 15) is 13.6 Å². The largest absolute Gasteiger partial charge is 1.00 e. The van der Waals surface area contributed by atoms with E-state index >= 15 is 0 Å². The van der Waals surface area contributed by atoms with Gasteiger partial charge in [0.1, 0.15) is 6.10 Å². The first-order valence-corrected chi connectivity index (χ1v) is 10.5. The Hall–Kier alpha value is 0.580. The van der Waals surface area contributed by atoms with Crippen molar-refractivity contribution in [3.63, 3.8) is 0 Å². The van der Waals surface area contributed by atoms with E-state index in [4.69, 9.17) is 4.74 Å². The topological polar surface area (TPSA) is 66.4 Å². The zero-order valence-corrected chi connectivity index (χ0v) is 18.4. The van der Waals surface area contributed by atoms with Crippen LogP contribution < -0.4 is 29.6 Å². The van der Waals surface area contributed by atoms with Crippen molar-refractivity contribution < 1.29 is 47.9 Å².